The fourth-order valence-corrected chi connectivity index (χ4v) is 3.20. The van der Waals surface area contributed by atoms with E-state index >= 15 is 0 Å². The molecule has 6 nitrogen and oxygen atoms in total. The lowest BCUT2D eigenvalue weighted by atomic mass is 10.1. The number of nitrogens with one attached hydrogen (secondary N) is 1. The lowest BCUT2D eigenvalue weighted by Gasteiger charge is -2.19. The molecule has 0 radical (unpaired) electrons. The average Bonchev–Trinajstić information content (AvgIpc) is 3.05. The summed E-state index contributed by atoms with van der Waals surface area (Å²) in [7, 11) is 4.02. The number of phenols is 1. The molecule has 1 atom stereocenters. The number of hydrogen-bond donors (Lipinski definition) is 2. The van der Waals surface area contributed by atoms with Crippen molar-refractivity contribution >= 4 is 17.4 Å². The number of aryl methyl sites for hydroxylation is 1. The molecule has 138 valence electrons. The van der Waals surface area contributed by atoms with Crippen LogP contribution in [0.2, 0.25) is 0 Å². The normalized spacial score (nSPS) is 16.6. The highest BCUT2D eigenvalue weighted by Gasteiger charge is 2.26. The summed E-state index contributed by atoms with van der Waals surface area (Å²) in [6.07, 6.45) is 1.27. The van der Waals surface area contributed by atoms with Crippen LogP contribution in [0.3, 0.4) is 0 Å². The Kier molecular flexibility index (Phi) is 5.30. The first-order valence-electron chi connectivity index (χ1n) is 8.89. The van der Waals surface area contributed by atoms with Crippen LogP contribution in [0.25, 0.3) is 0 Å². The molecular formula is C20H26N4O2. The summed E-state index contributed by atoms with van der Waals surface area (Å²) >= 11 is 0. The van der Waals surface area contributed by atoms with Gasteiger partial charge in [-0.25, -0.2) is 4.98 Å². The number of phenolic OH excluding ortho intramolecular Hbond substituents is 1. The molecule has 2 heterocycles. The number of pyridine rings is 1. The second kappa shape index (κ2) is 7.64. The van der Waals surface area contributed by atoms with Gasteiger partial charge in [0.2, 0.25) is 5.91 Å². The number of nitrogens with zero attached hydrogens (tertiary/aromatic N) is 3. The standard InChI is InChI=1S/C20H26N4O2/c1-14-10-17(23(2)3)12-19(21-14)22-16-8-9-24(13-16)20(26)11-15-4-6-18(25)7-5-15/h4-7,10,12,16,25H,8-9,11,13H2,1-3H3,(H,21,22)/t16-/m0/s1. The van der Waals surface area contributed by atoms with Gasteiger partial charge >= 0.3 is 0 Å². The smallest absolute Gasteiger partial charge is 0.227 e. The summed E-state index contributed by atoms with van der Waals surface area (Å²) in [5.74, 6) is 1.19. The summed E-state index contributed by atoms with van der Waals surface area (Å²) in [5, 5.41) is 12.8. The van der Waals surface area contributed by atoms with Gasteiger partial charge in [-0.3, -0.25) is 4.79 Å². The third kappa shape index (κ3) is 4.45. The van der Waals surface area contributed by atoms with E-state index in [1.807, 2.05) is 38.1 Å². The number of anilines is 2. The van der Waals surface area contributed by atoms with Crippen LogP contribution in [0.5, 0.6) is 5.75 Å². The van der Waals surface area contributed by atoms with Crippen LogP contribution in [-0.4, -0.2) is 54.1 Å². The largest absolute Gasteiger partial charge is 0.508 e. The average molecular weight is 354 g/mol. The van der Waals surface area contributed by atoms with E-state index in [2.05, 4.69) is 15.2 Å². The van der Waals surface area contributed by atoms with Gasteiger partial charge in [-0.05, 0) is 37.1 Å². The minimum absolute atomic E-state index is 0.117. The molecule has 1 aromatic heterocycles. The Hall–Kier alpha value is -2.76. The number of hydrogen-bond acceptors (Lipinski definition) is 5. The van der Waals surface area contributed by atoms with Gasteiger partial charge in [-0.1, -0.05) is 12.1 Å². The quantitative estimate of drug-likeness (QED) is 0.863. The van der Waals surface area contributed by atoms with E-state index in [-0.39, 0.29) is 17.7 Å². The molecule has 1 amide bonds. The fraction of sp³-hybridized carbons (Fsp3) is 0.400. The second-order valence-corrected chi connectivity index (χ2v) is 7.06. The molecule has 1 aromatic carbocycles. The number of aromatic nitrogens is 1. The van der Waals surface area contributed by atoms with Gasteiger partial charge in [0.25, 0.3) is 0 Å². The third-order valence-corrected chi connectivity index (χ3v) is 4.64. The summed E-state index contributed by atoms with van der Waals surface area (Å²) < 4.78 is 0. The summed E-state index contributed by atoms with van der Waals surface area (Å²) in [6.45, 7) is 3.42. The highest BCUT2D eigenvalue weighted by atomic mass is 16.3. The van der Waals surface area contributed by atoms with E-state index in [4.69, 9.17) is 0 Å². The summed E-state index contributed by atoms with van der Waals surface area (Å²) in [4.78, 5) is 21.0. The highest BCUT2D eigenvalue weighted by molar-refractivity contribution is 5.79. The number of aromatic hydroxyl groups is 1. The van der Waals surface area contributed by atoms with Gasteiger partial charge < -0.3 is 20.2 Å². The van der Waals surface area contributed by atoms with E-state index in [1.165, 1.54) is 0 Å². The molecule has 1 aliphatic heterocycles. The molecule has 6 heteroatoms. The zero-order valence-electron chi connectivity index (χ0n) is 15.6. The van der Waals surface area contributed by atoms with Crippen LogP contribution >= 0.6 is 0 Å². The topological polar surface area (TPSA) is 68.7 Å². The Bertz CT molecular complexity index is 774. The summed E-state index contributed by atoms with van der Waals surface area (Å²) in [6, 6.07) is 11.1. The fourth-order valence-electron chi connectivity index (χ4n) is 3.20. The van der Waals surface area contributed by atoms with Crippen molar-refractivity contribution in [1.29, 1.82) is 0 Å². The number of amides is 1. The van der Waals surface area contributed by atoms with Crippen LogP contribution in [0, 0.1) is 6.92 Å². The Morgan fingerprint density at radius 1 is 1.31 bits per heavy atom. The molecule has 3 rings (SSSR count). The molecule has 0 saturated carbocycles. The minimum atomic E-state index is 0.117. The molecule has 2 N–H and O–H groups in total. The number of benzene rings is 1. The van der Waals surface area contributed by atoms with Crippen LogP contribution in [-0.2, 0) is 11.2 Å². The van der Waals surface area contributed by atoms with E-state index in [1.54, 1.807) is 24.3 Å². The predicted molar refractivity (Wildman–Crippen MR) is 104 cm³/mol. The highest BCUT2D eigenvalue weighted by Crippen LogP contribution is 2.21. The Balaban J connectivity index is 1.58. The van der Waals surface area contributed by atoms with Crippen LogP contribution in [0.1, 0.15) is 17.7 Å². The number of rotatable bonds is 5. The molecule has 1 saturated heterocycles. The first kappa shape index (κ1) is 18.0. The van der Waals surface area contributed by atoms with Crippen molar-refractivity contribution in [2.75, 3.05) is 37.4 Å². The van der Waals surface area contributed by atoms with Gasteiger partial charge in [-0.15, -0.1) is 0 Å². The SMILES string of the molecule is Cc1cc(N(C)C)cc(N[C@H]2CCN(C(=O)Cc3ccc(O)cc3)C2)n1. The number of carbonyl (C=O) groups is 1. The van der Waals surface area contributed by atoms with Crippen LogP contribution in [0.4, 0.5) is 11.5 Å². The van der Waals surface area contributed by atoms with E-state index < -0.39 is 0 Å². The molecule has 0 unspecified atom stereocenters. The Morgan fingerprint density at radius 2 is 2.04 bits per heavy atom. The molecule has 0 bridgehead atoms. The van der Waals surface area contributed by atoms with Gasteiger partial charge in [0.05, 0.1) is 6.42 Å². The van der Waals surface area contributed by atoms with Crippen LogP contribution in [0.15, 0.2) is 36.4 Å². The molecule has 2 aromatic rings. The Morgan fingerprint density at radius 3 is 2.73 bits per heavy atom. The molecule has 0 spiro atoms. The summed E-state index contributed by atoms with van der Waals surface area (Å²) in [5.41, 5.74) is 3.00. The molecule has 26 heavy (non-hydrogen) atoms. The van der Waals surface area contributed by atoms with E-state index in [0.717, 1.165) is 35.7 Å². The van der Waals surface area contributed by atoms with Gasteiger partial charge in [0.1, 0.15) is 11.6 Å². The zero-order valence-corrected chi connectivity index (χ0v) is 15.6. The Labute approximate surface area is 154 Å². The number of carbonyl (C=O) groups excluding carboxylic acids is 1. The maximum atomic E-state index is 12.5. The van der Waals surface area contributed by atoms with Crippen LogP contribution < -0.4 is 10.2 Å². The van der Waals surface area contributed by atoms with Crippen molar-refractivity contribution in [3.8, 4) is 5.75 Å². The minimum Gasteiger partial charge on any atom is -0.508 e. The van der Waals surface area contributed by atoms with Gasteiger partial charge in [0.15, 0.2) is 0 Å². The number of likely N-dealkylation sites (tertiary alicyclic amines) is 1. The van der Waals surface area contributed by atoms with E-state index in [9.17, 15) is 9.90 Å². The zero-order chi connectivity index (χ0) is 18.7. The molecule has 1 aliphatic rings. The first-order valence-corrected chi connectivity index (χ1v) is 8.89. The van der Waals surface area contributed by atoms with Crippen molar-refractivity contribution in [1.82, 2.24) is 9.88 Å². The van der Waals surface area contributed by atoms with Crippen molar-refractivity contribution in [2.24, 2.45) is 0 Å². The first-order chi connectivity index (χ1) is 12.4. The lowest BCUT2D eigenvalue weighted by Crippen LogP contribution is -2.32. The van der Waals surface area contributed by atoms with Crippen molar-refractivity contribution in [2.45, 2.75) is 25.8 Å². The molecule has 1 fully saturated rings. The maximum Gasteiger partial charge on any atom is 0.227 e. The van der Waals surface area contributed by atoms with Crippen molar-refractivity contribution < 1.29 is 9.90 Å². The molecule has 0 aliphatic carbocycles. The van der Waals surface area contributed by atoms with Gasteiger partial charge in [-0.2, -0.15) is 0 Å². The predicted octanol–water partition coefficient (Wildman–Crippen LogP) is 2.42. The molecular weight excluding hydrogens is 328 g/mol. The third-order valence-electron chi connectivity index (χ3n) is 4.64. The van der Waals surface area contributed by atoms with E-state index in [0.29, 0.717) is 13.0 Å². The second-order valence-electron chi connectivity index (χ2n) is 7.06. The van der Waals surface area contributed by atoms with Gasteiger partial charge in [0, 0.05) is 50.7 Å². The van der Waals surface area contributed by atoms with Crippen molar-refractivity contribution in [3.63, 3.8) is 0 Å². The maximum absolute atomic E-state index is 12.5. The van der Waals surface area contributed by atoms with Crippen molar-refractivity contribution in [3.05, 3.63) is 47.7 Å². The lowest BCUT2D eigenvalue weighted by molar-refractivity contribution is -0.129. The monoisotopic (exact) mass is 354 g/mol.